The third kappa shape index (κ3) is 3.89. The van der Waals surface area contributed by atoms with Crippen LogP contribution in [0.1, 0.15) is 48.8 Å². The number of nitrogens with zero attached hydrogens (tertiary/aromatic N) is 3. The molecule has 0 spiro atoms. The summed E-state index contributed by atoms with van der Waals surface area (Å²) in [6.45, 7) is 6.72. The molecular weight excluding hydrogens is 420 g/mol. The molecule has 0 radical (unpaired) electrons. The Kier molecular flexibility index (Phi) is 5.68. The summed E-state index contributed by atoms with van der Waals surface area (Å²) in [5.41, 5.74) is -0.0614. The van der Waals surface area contributed by atoms with Gasteiger partial charge in [0.25, 0.3) is 5.91 Å². The van der Waals surface area contributed by atoms with E-state index in [1.165, 1.54) is 7.11 Å². The van der Waals surface area contributed by atoms with Gasteiger partial charge in [-0.05, 0) is 43.9 Å². The van der Waals surface area contributed by atoms with Crippen molar-refractivity contribution in [3.05, 3.63) is 40.5 Å². The van der Waals surface area contributed by atoms with Gasteiger partial charge in [0.15, 0.2) is 5.82 Å². The summed E-state index contributed by atoms with van der Waals surface area (Å²) in [5, 5.41) is 7.57. The monoisotopic (exact) mass is 446 g/mol. The lowest BCUT2D eigenvalue weighted by Crippen LogP contribution is -2.40. The normalized spacial score (nSPS) is 25.0. The van der Waals surface area contributed by atoms with Crippen LogP contribution in [0.5, 0.6) is 5.75 Å². The summed E-state index contributed by atoms with van der Waals surface area (Å²) in [6.07, 6.45) is 1.34. The Morgan fingerprint density at radius 1 is 1.39 bits per heavy atom. The average molecular weight is 447 g/mol. The number of methoxy groups -OCH3 is 1. The van der Waals surface area contributed by atoms with E-state index < -0.39 is 5.41 Å². The molecule has 2 fully saturated rings. The summed E-state index contributed by atoms with van der Waals surface area (Å²) in [7, 11) is 1.52. The fraction of sp³-hybridized carbons (Fsp3) is 0.545. The van der Waals surface area contributed by atoms with E-state index in [9.17, 15) is 9.59 Å². The smallest absolute Gasteiger partial charge is 0.255 e. The first-order valence-corrected chi connectivity index (χ1v) is 10.9. The summed E-state index contributed by atoms with van der Waals surface area (Å²) >= 11 is 6.09. The molecule has 0 bridgehead atoms. The average Bonchev–Trinajstić information content (AvgIpc) is 3.39. The SMILES string of the molecule is COc1ccc(Cl)cc1C(=O)N[C@@H]1CC2CN(C(=O)C(C)C)C[C@@]2(c2nc(C)no2)C1. The van der Waals surface area contributed by atoms with Crippen LogP contribution in [0.25, 0.3) is 0 Å². The molecule has 2 aliphatic rings. The number of likely N-dealkylation sites (tertiary alicyclic amines) is 1. The number of hydrogen-bond donors (Lipinski definition) is 1. The van der Waals surface area contributed by atoms with E-state index in [1.807, 2.05) is 18.7 Å². The summed E-state index contributed by atoms with van der Waals surface area (Å²) in [4.78, 5) is 32.1. The zero-order valence-corrected chi connectivity index (χ0v) is 18.9. The number of aryl methyl sites for hydroxylation is 1. The molecule has 1 aromatic heterocycles. The zero-order valence-electron chi connectivity index (χ0n) is 18.1. The molecule has 2 amide bonds. The van der Waals surface area contributed by atoms with Gasteiger partial charge < -0.3 is 19.5 Å². The van der Waals surface area contributed by atoms with Crippen LogP contribution in [0.15, 0.2) is 22.7 Å². The number of halogens is 1. The van der Waals surface area contributed by atoms with Crippen molar-refractivity contribution in [3.63, 3.8) is 0 Å². The number of fused-ring (bicyclic) bond motifs is 1. The number of hydrogen-bond acceptors (Lipinski definition) is 6. The van der Waals surface area contributed by atoms with Gasteiger partial charge in [-0.3, -0.25) is 9.59 Å². The van der Waals surface area contributed by atoms with Crippen LogP contribution in [0.3, 0.4) is 0 Å². The van der Waals surface area contributed by atoms with E-state index in [-0.39, 0.29) is 29.7 Å². The summed E-state index contributed by atoms with van der Waals surface area (Å²) < 4.78 is 10.9. The Hall–Kier alpha value is -2.61. The first-order chi connectivity index (χ1) is 14.7. The minimum absolute atomic E-state index is 0.0777. The Labute approximate surface area is 186 Å². The topological polar surface area (TPSA) is 97.6 Å². The number of carbonyl (C=O) groups excluding carboxylic acids is 2. The van der Waals surface area contributed by atoms with Crippen molar-refractivity contribution in [1.29, 1.82) is 0 Å². The molecule has 9 heteroatoms. The maximum absolute atomic E-state index is 13.0. The van der Waals surface area contributed by atoms with E-state index >= 15 is 0 Å². The predicted octanol–water partition coefficient (Wildman–Crippen LogP) is 2.98. The Bertz CT molecular complexity index is 1010. The second kappa shape index (κ2) is 8.15. The first-order valence-electron chi connectivity index (χ1n) is 10.5. The summed E-state index contributed by atoms with van der Waals surface area (Å²) in [6, 6.07) is 4.87. The zero-order chi connectivity index (χ0) is 22.3. The highest BCUT2D eigenvalue weighted by molar-refractivity contribution is 6.31. The van der Waals surface area contributed by atoms with Gasteiger partial charge in [0, 0.05) is 30.1 Å². The van der Waals surface area contributed by atoms with Gasteiger partial charge in [-0.25, -0.2) is 0 Å². The third-order valence-electron chi connectivity index (χ3n) is 6.38. The van der Waals surface area contributed by atoms with Crippen molar-refractivity contribution >= 4 is 23.4 Å². The van der Waals surface area contributed by atoms with E-state index in [2.05, 4.69) is 15.5 Å². The molecule has 3 atom stereocenters. The Morgan fingerprint density at radius 3 is 2.81 bits per heavy atom. The molecule has 1 N–H and O–H groups in total. The van der Waals surface area contributed by atoms with Crippen molar-refractivity contribution < 1.29 is 18.8 Å². The van der Waals surface area contributed by atoms with Gasteiger partial charge in [-0.15, -0.1) is 0 Å². The van der Waals surface area contributed by atoms with Crippen molar-refractivity contribution in [3.8, 4) is 5.75 Å². The van der Waals surface area contributed by atoms with Crippen LogP contribution in [-0.2, 0) is 10.2 Å². The summed E-state index contributed by atoms with van der Waals surface area (Å²) in [5.74, 6) is 1.51. The lowest BCUT2D eigenvalue weighted by atomic mass is 9.80. The third-order valence-corrected chi connectivity index (χ3v) is 6.61. The van der Waals surface area contributed by atoms with Gasteiger partial charge >= 0.3 is 0 Å². The fourth-order valence-electron chi connectivity index (χ4n) is 4.97. The van der Waals surface area contributed by atoms with E-state index in [0.29, 0.717) is 47.6 Å². The van der Waals surface area contributed by atoms with Crippen LogP contribution in [-0.4, -0.2) is 53.1 Å². The van der Waals surface area contributed by atoms with Crippen LogP contribution in [0.4, 0.5) is 0 Å². The lowest BCUT2D eigenvalue weighted by Gasteiger charge is -2.26. The molecule has 1 saturated heterocycles. The quantitative estimate of drug-likeness (QED) is 0.758. The predicted molar refractivity (Wildman–Crippen MR) is 114 cm³/mol. The highest BCUT2D eigenvalue weighted by Gasteiger charge is 2.58. The van der Waals surface area contributed by atoms with Crippen LogP contribution >= 0.6 is 11.6 Å². The minimum atomic E-state index is -0.456. The molecule has 1 unspecified atom stereocenters. The number of nitrogens with one attached hydrogen (secondary N) is 1. The largest absolute Gasteiger partial charge is 0.496 e. The molecule has 2 heterocycles. The Morgan fingerprint density at radius 2 is 2.16 bits per heavy atom. The highest BCUT2D eigenvalue weighted by atomic mass is 35.5. The second-order valence-corrected chi connectivity index (χ2v) is 9.26. The molecule has 1 saturated carbocycles. The van der Waals surface area contributed by atoms with Gasteiger partial charge in [-0.1, -0.05) is 30.6 Å². The molecule has 31 heavy (non-hydrogen) atoms. The maximum atomic E-state index is 13.0. The fourth-order valence-corrected chi connectivity index (χ4v) is 5.14. The number of rotatable bonds is 5. The van der Waals surface area contributed by atoms with Crippen molar-refractivity contribution in [1.82, 2.24) is 20.4 Å². The highest BCUT2D eigenvalue weighted by Crippen LogP contribution is 2.50. The number of ether oxygens (including phenoxy) is 1. The van der Waals surface area contributed by atoms with Crippen LogP contribution < -0.4 is 10.1 Å². The molecule has 1 aromatic carbocycles. The molecule has 8 nitrogen and oxygen atoms in total. The number of aromatic nitrogens is 2. The Balaban J connectivity index is 1.57. The first kappa shape index (κ1) is 21.6. The molecule has 2 aromatic rings. The van der Waals surface area contributed by atoms with Gasteiger partial charge in [0.1, 0.15) is 5.75 Å². The van der Waals surface area contributed by atoms with Crippen LogP contribution in [0.2, 0.25) is 5.02 Å². The minimum Gasteiger partial charge on any atom is -0.496 e. The molecule has 4 rings (SSSR count). The van der Waals surface area contributed by atoms with Gasteiger partial charge in [-0.2, -0.15) is 4.98 Å². The lowest BCUT2D eigenvalue weighted by molar-refractivity contribution is -0.133. The number of amides is 2. The maximum Gasteiger partial charge on any atom is 0.255 e. The molecule has 166 valence electrons. The van der Waals surface area contributed by atoms with Crippen molar-refractivity contribution in [2.75, 3.05) is 20.2 Å². The van der Waals surface area contributed by atoms with E-state index in [1.54, 1.807) is 25.1 Å². The number of carbonyl (C=O) groups is 2. The van der Waals surface area contributed by atoms with Gasteiger partial charge in [0.2, 0.25) is 11.8 Å². The number of benzene rings is 1. The van der Waals surface area contributed by atoms with E-state index in [0.717, 1.165) is 6.42 Å². The van der Waals surface area contributed by atoms with Crippen LogP contribution in [0, 0.1) is 18.8 Å². The standard InChI is InChI=1S/C22H27ClN4O4/c1-12(2)20(29)27-10-14-7-16(9-22(14,11-27)21-24-13(3)26-31-21)25-19(28)17-8-15(23)5-6-18(17)30-4/h5-6,8,12,14,16H,7,9-11H2,1-4H3,(H,25,28)/t14?,16-,22+/m1/s1. The van der Waals surface area contributed by atoms with Gasteiger partial charge in [0.05, 0.1) is 18.1 Å². The van der Waals surface area contributed by atoms with Crippen molar-refractivity contribution in [2.24, 2.45) is 11.8 Å². The molecular formula is C22H27ClN4O4. The van der Waals surface area contributed by atoms with E-state index in [4.69, 9.17) is 20.9 Å². The molecule has 1 aliphatic carbocycles. The second-order valence-electron chi connectivity index (χ2n) is 8.83. The molecule has 1 aliphatic heterocycles. The van der Waals surface area contributed by atoms with Crippen molar-refractivity contribution in [2.45, 2.75) is 45.1 Å².